The maximum absolute atomic E-state index is 10.3. The van der Waals surface area contributed by atoms with Gasteiger partial charge in [-0.3, -0.25) is 0 Å². The Balaban J connectivity index is 1.68. The lowest BCUT2D eigenvalue weighted by molar-refractivity contribution is 0.191. The van der Waals surface area contributed by atoms with Crippen LogP contribution in [0.5, 0.6) is 11.5 Å². The zero-order chi connectivity index (χ0) is 18.4. The number of nitrogens with zero attached hydrogens (tertiary/aromatic N) is 1. The lowest BCUT2D eigenvalue weighted by Crippen LogP contribution is -2.31. The highest BCUT2D eigenvalue weighted by atomic mass is 35.5. The van der Waals surface area contributed by atoms with Crippen LogP contribution in [0.1, 0.15) is 24.3 Å². The molecule has 0 aliphatic carbocycles. The zero-order valence-corrected chi connectivity index (χ0v) is 16.1. The molecular weight excluding hydrogens is 374 g/mol. The number of benzene rings is 1. The molecule has 0 spiro atoms. The molecule has 1 aliphatic heterocycles. The molecule has 3 rings (SSSR count). The minimum absolute atomic E-state index is 0.233. The Labute approximate surface area is 161 Å². The number of hydrogen-bond acceptors (Lipinski definition) is 5. The average molecular weight is 396 g/mol. The van der Waals surface area contributed by atoms with E-state index in [1.54, 1.807) is 6.07 Å². The lowest BCUT2D eigenvalue weighted by atomic mass is 10.2. The first kappa shape index (κ1) is 18.8. The van der Waals surface area contributed by atoms with Gasteiger partial charge in [-0.1, -0.05) is 11.6 Å². The normalized spacial score (nSPS) is 15.3. The van der Waals surface area contributed by atoms with Crippen LogP contribution in [-0.4, -0.2) is 37.4 Å². The fraction of sp³-hybridized carbons (Fsp3) is 0.389. The van der Waals surface area contributed by atoms with Gasteiger partial charge in [0.1, 0.15) is 6.10 Å². The molecule has 1 aliphatic rings. The number of fused-ring (bicyclic) bond motifs is 1. The van der Waals surface area contributed by atoms with E-state index in [1.165, 1.54) is 11.3 Å². The van der Waals surface area contributed by atoms with E-state index < -0.39 is 6.10 Å². The molecule has 1 atom stereocenters. The van der Waals surface area contributed by atoms with Crippen LogP contribution in [0.4, 0.5) is 5.69 Å². The second kappa shape index (κ2) is 9.12. The van der Waals surface area contributed by atoms with Crippen molar-refractivity contribution in [1.82, 2.24) is 5.32 Å². The first-order valence-corrected chi connectivity index (χ1v) is 9.73. The Morgan fingerprint density at radius 2 is 2.08 bits per heavy atom. The zero-order valence-electron chi connectivity index (χ0n) is 14.5. The molecular formula is C18H22ClN3O3S. The molecule has 0 bridgehead atoms. The molecule has 6 nitrogen and oxygen atoms in total. The van der Waals surface area contributed by atoms with E-state index in [9.17, 15) is 5.11 Å². The van der Waals surface area contributed by atoms with Crippen molar-refractivity contribution in [3.05, 3.63) is 39.5 Å². The number of aliphatic hydroxyl groups is 1. The number of ether oxygens (including phenoxy) is 2. The van der Waals surface area contributed by atoms with Crippen molar-refractivity contribution in [1.29, 1.82) is 0 Å². The molecule has 0 amide bonds. The molecule has 0 saturated heterocycles. The van der Waals surface area contributed by atoms with Crippen LogP contribution < -0.4 is 20.1 Å². The van der Waals surface area contributed by atoms with Gasteiger partial charge in [-0.2, -0.15) is 0 Å². The molecule has 26 heavy (non-hydrogen) atoms. The average Bonchev–Trinajstić information content (AvgIpc) is 2.93. The predicted molar refractivity (Wildman–Crippen MR) is 106 cm³/mol. The summed E-state index contributed by atoms with van der Waals surface area (Å²) in [6, 6.07) is 9.28. The summed E-state index contributed by atoms with van der Waals surface area (Å²) in [4.78, 5) is 5.26. The molecule has 0 saturated carbocycles. The number of rotatable bonds is 5. The van der Waals surface area contributed by atoms with E-state index in [-0.39, 0.29) is 6.54 Å². The Kier molecular flexibility index (Phi) is 6.60. The van der Waals surface area contributed by atoms with Crippen molar-refractivity contribution < 1.29 is 14.6 Å². The molecule has 0 fully saturated rings. The highest BCUT2D eigenvalue weighted by Crippen LogP contribution is 2.32. The SMILES string of the molecule is CCNC(=NCC(O)c1ccc(Cl)s1)Nc1ccc2c(c1)OCCCO2. The van der Waals surface area contributed by atoms with Gasteiger partial charge in [0.05, 0.1) is 24.1 Å². The van der Waals surface area contributed by atoms with Gasteiger partial charge in [-0.25, -0.2) is 4.99 Å². The predicted octanol–water partition coefficient (Wildman–Crippen LogP) is 3.67. The monoisotopic (exact) mass is 395 g/mol. The van der Waals surface area contributed by atoms with Gasteiger partial charge in [0.2, 0.25) is 0 Å². The van der Waals surface area contributed by atoms with Gasteiger partial charge < -0.3 is 25.2 Å². The number of aliphatic hydroxyl groups excluding tert-OH is 1. The van der Waals surface area contributed by atoms with Gasteiger partial charge in [0, 0.05) is 29.6 Å². The smallest absolute Gasteiger partial charge is 0.195 e. The van der Waals surface area contributed by atoms with Crippen molar-refractivity contribution in [2.24, 2.45) is 4.99 Å². The van der Waals surface area contributed by atoms with Crippen LogP contribution in [0, 0.1) is 0 Å². The number of guanidine groups is 1. The Hall–Kier alpha value is -1.96. The quantitative estimate of drug-likeness (QED) is 0.532. The van der Waals surface area contributed by atoms with Crippen molar-refractivity contribution in [3.8, 4) is 11.5 Å². The van der Waals surface area contributed by atoms with E-state index in [0.717, 1.165) is 28.5 Å². The number of hydrogen-bond donors (Lipinski definition) is 3. The summed E-state index contributed by atoms with van der Waals surface area (Å²) in [6.45, 7) is 4.23. The minimum Gasteiger partial charge on any atom is -0.490 e. The summed E-state index contributed by atoms with van der Waals surface area (Å²) in [6.07, 6.45) is 0.179. The molecule has 1 aromatic heterocycles. The molecule has 2 heterocycles. The molecule has 140 valence electrons. The van der Waals surface area contributed by atoms with Gasteiger partial charge in [0.25, 0.3) is 0 Å². The van der Waals surface area contributed by atoms with E-state index in [4.69, 9.17) is 21.1 Å². The van der Waals surface area contributed by atoms with Crippen molar-refractivity contribution >= 4 is 34.6 Å². The number of nitrogens with one attached hydrogen (secondary N) is 2. The Bertz CT molecular complexity index is 766. The van der Waals surface area contributed by atoms with E-state index in [0.29, 0.717) is 30.1 Å². The molecule has 1 aromatic carbocycles. The molecule has 2 aromatic rings. The van der Waals surface area contributed by atoms with Crippen LogP contribution in [-0.2, 0) is 0 Å². The van der Waals surface area contributed by atoms with E-state index in [2.05, 4.69) is 15.6 Å². The van der Waals surface area contributed by atoms with Crippen LogP contribution >= 0.6 is 22.9 Å². The topological polar surface area (TPSA) is 75.1 Å². The highest BCUT2D eigenvalue weighted by molar-refractivity contribution is 7.16. The van der Waals surface area contributed by atoms with Gasteiger partial charge in [-0.15, -0.1) is 11.3 Å². The minimum atomic E-state index is -0.688. The van der Waals surface area contributed by atoms with Gasteiger partial charge in [0.15, 0.2) is 17.5 Å². The van der Waals surface area contributed by atoms with Crippen molar-refractivity contribution in [3.63, 3.8) is 0 Å². The van der Waals surface area contributed by atoms with Crippen LogP contribution in [0.25, 0.3) is 0 Å². The second-order valence-electron chi connectivity index (χ2n) is 5.71. The molecule has 0 radical (unpaired) electrons. The Morgan fingerprint density at radius 1 is 1.27 bits per heavy atom. The van der Waals surface area contributed by atoms with Crippen molar-refractivity contribution in [2.75, 3.05) is 31.6 Å². The second-order valence-corrected chi connectivity index (χ2v) is 7.46. The number of halogens is 1. The standard InChI is InChI=1S/C18H22ClN3O3S/c1-2-20-18(21-11-13(23)16-6-7-17(19)26-16)22-12-4-5-14-15(10-12)25-9-3-8-24-14/h4-7,10,13,23H,2-3,8-9,11H2,1H3,(H2,20,21,22). The van der Waals surface area contributed by atoms with E-state index >= 15 is 0 Å². The first-order valence-electron chi connectivity index (χ1n) is 8.54. The number of thiophene rings is 1. The lowest BCUT2D eigenvalue weighted by Gasteiger charge is -2.14. The third-order valence-electron chi connectivity index (χ3n) is 3.70. The number of aliphatic imine (C=N–C) groups is 1. The highest BCUT2D eigenvalue weighted by Gasteiger charge is 2.13. The third kappa shape index (κ3) is 5.03. The summed E-state index contributed by atoms with van der Waals surface area (Å²) >= 11 is 7.28. The van der Waals surface area contributed by atoms with Crippen LogP contribution in [0.2, 0.25) is 4.34 Å². The van der Waals surface area contributed by atoms with Gasteiger partial charge in [-0.05, 0) is 31.2 Å². The van der Waals surface area contributed by atoms with Crippen molar-refractivity contribution in [2.45, 2.75) is 19.4 Å². The van der Waals surface area contributed by atoms with E-state index in [1.807, 2.05) is 31.2 Å². The Morgan fingerprint density at radius 3 is 2.81 bits per heavy atom. The first-order chi connectivity index (χ1) is 12.7. The number of anilines is 1. The van der Waals surface area contributed by atoms with Crippen LogP contribution in [0.15, 0.2) is 35.3 Å². The summed E-state index contributed by atoms with van der Waals surface area (Å²) in [7, 11) is 0. The maximum Gasteiger partial charge on any atom is 0.195 e. The summed E-state index contributed by atoms with van der Waals surface area (Å²) in [5.41, 5.74) is 0.836. The van der Waals surface area contributed by atoms with Gasteiger partial charge >= 0.3 is 0 Å². The van der Waals surface area contributed by atoms with Crippen LogP contribution in [0.3, 0.4) is 0 Å². The summed E-state index contributed by atoms with van der Waals surface area (Å²) < 4.78 is 12.0. The fourth-order valence-electron chi connectivity index (χ4n) is 2.46. The molecule has 3 N–H and O–H groups in total. The summed E-state index contributed by atoms with van der Waals surface area (Å²) in [5, 5.41) is 16.7. The fourth-order valence-corrected chi connectivity index (χ4v) is 3.50. The third-order valence-corrected chi connectivity index (χ3v) is 5.03. The largest absolute Gasteiger partial charge is 0.490 e. The maximum atomic E-state index is 10.3. The molecule has 1 unspecified atom stereocenters. The summed E-state index contributed by atoms with van der Waals surface area (Å²) in [5.74, 6) is 2.06. The molecule has 8 heteroatoms.